The van der Waals surface area contributed by atoms with Gasteiger partial charge in [0.2, 0.25) is 0 Å². The van der Waals surface area contributed by atoms with E-state index in [1.54, 1.807) is 0 Å². The van der Waals surface area contributed by atoms with Crippen molar-refractivity contribution in [1.82, 2.24) is 5.43 Å². The van der Waals surface area contributed by atoms with Crippen molar-refractivity contribution in [2.24, 2.45) is 5.84 Å². The fourth-order valence-corrected chi connectivity index (χ4v) is 5.25. The lowest BCUT2D eigenvalue weighted by Crippen LogP contribution is -2.46. The molecule has 0 aromatic heterocycles. The van der Waals surface area contributed by atoms with Crippen molar-refractivity contribution < 1.29 is 0 Å². The highest BCUT2D eigenvalue weighted by Gasteiger charge is 2.24. The van der Waals surface area contributed by atoms with Gasteiger partial charge in [0, 0.05) is 33.0 Å². The van der Waals surface area contributed by atoms with Gasteiger partial charge in [-0.3, -0.25) is 11.3 Å². The van der Waals surface area contributed by atoms with Gasteiger partial charge in [-0.2, -0.15) is 23.5 Å². The molecule has 1 saturated heterocycles. The molecule has 2 rings (SSSR count). The summed E-state index contributed by atoms with van der Waals surface area (Å²) in [6.07, 6.45) is 0.982. The number of hydrogen-bond acceptors (Lipinski definition) is 4. The molecule has 0 aliphatic carbocycles. The van der Waals surface area contributed by atoms with Crippen molar-refractivity contribution in [2.45, 2.75) is 17.7 Å². The van der Waals surface area contributed by atoms with Crippen LogP contribution in [-0.4, -0.2) is 28.6 Å². The predicted molar refractivity (Wildman–Crippen MR) is 82.5 cm³/mol. The summed E-state index contributed by atoms with van der Waals surface area (Å²) in [5.74, 6) is 9.42. The Morgan fingerprint density at radius 2 is 2.24 bits per heavy atom. The van der Waals surface area contributed by atoms with Crippen LogP contribution in [0.25, 0.3) is 0 Å². The van der Waals surface area contributed by atoms with Gasteiger partial charge in [-0.1, -0.05) is 34.1 Å². The van der Waals surface area contributed by atoms with Crippen LogP contribution in [0.1, 0.15) is 5.56 Å². The summed E-state index contributed by atoms with van der Waals surface area (Å²) in [5, 5.41) is 0.617. The average Bonchev–Trinajstić information content (AvgIpc) is 2.39. The molecular formula is C12H17BrN2S2. The molecule has 17 heavy (non-hydrogen) atoms. The van der Waals surface area contributed by atoms with Crippen molar-refractivity contribution >= 4 is 39.5 Å². The molecule has 2 nitrogen and oxygen atoms in total. The number of nitrogens with two attached hydrogens (primary N) is 1. The minimum absolute atomic E-state index is 0.353. The summed E-state index contributed by atoms with van der Waals surface area (Å²) in [6, 6.07) is 8.73. The van der Waals surface area contributed by atoms with Crippen molar-refractivity contribution in [3.8, 4) is 0 Å². The Bertz CT molecular complexity index is 356. The van der Waals surface area contributed by atoms with E-state index in [-0.39, 0.29) is 0 Å². The van der Waals surface area contributed by atoms with Crippen LogP contribution in [0.3, 0.4) is 0 Å². The van der Waals surface area contributed by atoms with E-state index in [9.17, 15) is 0 Å². The number of thioether (sulfide) groups is 2. The van der Waals surface area contributed by atoms with E-state index in [1.165, 1.54) is 27.3 Å². The third-order valence-corrected chi connectivity index (χ3v) is 6.60. The fourth-order valence-electron chi connectivity index (χ4n) is 1.94. The van der Waals surface area contributed by atoms with Gasteiger partial charge in [0.05, 0.1) is 0 Å². The highest BCUT2D eigenvalue weighted by atomic mass is 79.9. The number of nitrogens with one attached hydrogen (secondary N) is 1. The molecule has 0 radical (unpaired) electrons. The molecule has 0 bridgehead atoms. The van der Waals surface area contributed by atoms with E-state index in [1.807, 2.05) is 29.6 Å². The van der Waals surface area contributed by atoms with E-state index < -0.39 is 0 Å². The molecule has 1 fully saturated rings. The lowest BCUT2D eigenvalue weighted by Gasteiger charge is -2.29. The summed E-state index contributed by atoms with van der Waals surface area (Å²) in [4.78, 5) is 0. The highest BCUT2D eigenvalue weighted by Crippen LogP contribution is 2.28. The van der Waals surface area contributed by atoms with Crippen LogP contribution in [0.5, 0.6) is 0 Å². The maximum absolute atomic E-state index is 5.71. The van der Waals surface area contributed by atoms with Crippen LogP contribution >= 0.6 is 39.5 Å². The molecule has 94 valence electrons. The third kappa shape index (κ3) is 3.89. The van der Waals surface area contributed by atoms with Gasteiger partial charge >= 0.3 is 0 Å². The Morgan fingerprint density at radius 1 is 1.41 bits per heavy atom. The quantitative estimate of drug-likeness (QED) is 0.656. The molecule has 2 unspecified atom stereocenters. The molecule has 0 amide bonds. The van der Waals surface area contributed by atoms with Gasteiger partial charge in [0.25, 0.3) is 0 Å². The number of rotatable bonds is 4. The first-order valence-electron chi connectivity index (χ1n) is 5.70. The molecule has 1 aliphatic heterocycles. The second-order valence-electron chi connectivity index (χ2n) is 4.05. The lowest BCUT2D eigenvalue weighted by atomic mass is 10.0. The summed E-state index contributed by atoms with van der Waals surface area (Å²) < 4.78 is 1.17. The van der Waals surface area contributed by atoms with Crippen LogP contribution in [0.2, 0.25) is 0 Å². The minimum Gasteiger partial charge on any atom is -0.271 e. The maximum Gasteiger partial charge on any atom is 0.0378 e. The Labute approximate surface area is 120 Å². The van der Waals surface area contributed by atoms with Crippen LogP contribution in [-0.2, 0) is 6.42 Å². The smallest absolute Gasteiger partial charge is 0.0378 e. The highest BCUT2D eigenvalue weighted by molar-refractivity contribution is 9.10. The van der Waals surface area contributed by atoms with Crippen molar-refractivity contribution in [1.29, 1.82) is 0 Å². The summed E-state index contributed by atoms with van der Waals surface area (Å²) in [5.41, 5.74) is 4.32. The van der Waals surface area contributed by atoms with Crippen molar-refractivity contribution in [3.05, 3.63) is 34.3 Å². The first-order valence-corrected chi connectivity index (χ1v) is 8.70. The molecule has 5 heteroatoms. The molecule has 1 aliphatic rings. The molecule has 1 heterocycles. The second kappa shape index (κ2) is 7.04. The molecule has 0 spiro atoms. The largest absolute Gasteiger partial charge is 0.271 e. The van der Waals surface area contributed by atoms with E-state index >= 15 is 0 Å². The zero-order valence-corrected chi connectivity index (χ0v) is 12.8. The normalized spacial score (nSPS) is 22.4. The topological polar surface area (TPSA) is 38.0 Å². The van der Waals surface area contributed by atoms with Crippen molar-refractivity contribution in [2.75, 3.05) is 17.3 Å². The summed E-state index contributed by atoms with van der Waals surface area (Å²) >= 11 is 7.67. The SMILES string of the molecule is NNC(Cc1ccccc1Br)C1CSCCS1. The average molecular weight is 333 g/mol. The predicted octanol–water partition coefficient (Wildman–Crippen LogP) is 2.67. The van der Waals surface area contributed by atoms with Crippen LogP contribution in [0, 0.1) is 0 Å². The van der Waals surface area contributed by atoms with E-state index in [4.69, 9.17) is 5.84 Å². The fraction of sp³-hybridized carbons (Fsp3) is 0.500. The first kappa shape index (κ1) is 13.7. The zero-order chi connectivity index (χ0) is 12.1. The van der Waals surface area contributed by atoms with Gasteiger partial charge in [-0.25, -0.2) is 0 Å². The number of hydrazine groups is 1. The monoisotopic (exact) mass is 332 g/mol. The van der Waals surface area contributed by atoms with Gasteiger partial charge in [-0.15, -0.1) is 0 Å². The third-order valence-electron chi connectivity index (χ3n) is 2.90. The molecule has 1 aromatic carbocycles. The zero-order valence-electron chi connectivity index (χ0n) is 9.56. The molecule has 2 atom stereocenters. The summed E-state index contributed by atoms with van der Waals surface area (Å²) in [6.45, 7) is 0. The Kier molecular flexibility index (Phi) is 5.69. The van der Waals surface area contributed by atoms with Crippen LogP contribution in [0.15, 0.2) is 28.7 Å². The second-order valence-corrected chi connectivity index (χ2v) is 7.40. The maximum atomic E-state index is 5.71. The van der Waals surface area contributed by atoms with Gasteiger partial charge < -0.3 is 0 Å². The van der Waals surface area contributed by atoms with E-state index in [0.29, 0.717) is 11.3 Å². The Morgan fingerprint density at radius 3 is 2.88 bits per heavy atom. The first-order chi connectivity index (χ1) is 8.31. The number of benzene rings is 1. The van der Waals surface area contributed by atoms with Gasteiger partial charge in [0.15, 0.2) is 0 Å². The minimum atomic E-state index is 0.353. The number of halogens is 1. The Balaban J connectivity index is 2.01. The van der Waals surface area contributed by atoms with E-state index in [0.717, 1.165) is 6.42 Å². The molecule has 1 aromatic rings. The van der Waals surface area contributed by atoms with Gasteiger partial charge in [-0.05, 0) is 18.1 Å². The van der Waals surface area contributed by atoms with Crippen LogP contribution < -0.4 is 11.3 Å². The van der Waals surface area contributed by atoms with Crippen molar-refractivity contribution in [3.63, 3.8) is 0 Å². The van der Waals surface area contributed by atoms with Crippen LogP contribution in [0.4, 0.5) is 0 Å². The Hall–Kier alpha value is 0.320. The standard InChI is InChI=1S/C12H17BrN2S2/c13-10-4-2-1-3-9(10)7-11(15-14)12-8-16-5-6-17-12/h1-4,11-12,15H,5-8,14H2. The lowest BCUT2D eigenvalue weighted by molar-refractivity contribution is 0.523. The number of hydrogen-bond donors (Lipinski definition) is 2. The van der Waals surface area contributed by atoms with Gasteiger partial charge in [0.1, 0.15) is 0 Å². The molecular weight excluding hydrogens is 316 g/mol. The van der Waals surface area contributed by atoms with E-state index in [2.05, 4.69) is 39.6 Å². The molecule has 0 saturated carbocycles. The molecule has 3 N–H and O–H groups in total. The summed E-state index contributed by atoms with van der Waals surface area (Å²) in [7, 11) is 0.